The Kier molecular flexibility index (Phi) is 4.61. The van der Waals surface area contributed by atoms with Gasteiger partial charge in [-0.15, -0.1) is 0 Å². The molecule has 24 heavy (non-hydrogen) atoms. The van der Waals surface area contributed by atoms with E-state index in [1.807, 2.05) is 80.3 Å². The summed E-state index contributed by atoms with van der Waals surface area (Å²) in [5, 5.41) is 0.923. The molecule has 0 saturated carbocycles. The largest absolute Gasteiger partial charge is 0.339 e. The number of fused-ring (bicyclic) bond motifs is 1. The first-order valence-corrected chi connectivity index (χ1v) is 8.40. The highest BCUT2D eigenvalue weighted by Gasteiger charge is 2.18. The highest BCUT2D eigenvalue weighted by Crippen LogP contribution is 2.26. The number of amides is 1. The molecule has 0 fully saturated rings. The molecule has 0 spiro atoms. The molecule has 2 aromatic carbocycles. The van der Waals surface area contributed by atoms with E-state index in [1.165, 1.54) is 0 Å². The van der Waals surface area contributed by atoms with Gasteiger partial charge in [0.1, 0.15) is 0 Å². The smallest absolute Gasteiger partial charge is 0.254 e. The monoisotopic (exact) mass is 318 g/mol. The molecule has 0 bridgehead atoms. The van der Waals surface area contributed by atoms with Crippen molar-refractivity contribution >= 4 is 16.8 Å². The third-order valence-corrected chi connectivity index (χ3v) is 4.31. The van der Waals surface area contributed by atoms with Crippen LogP contribution in [-0.2, 0) is 0 Å². The van der Waals surface area contributed by atoms with Gasteiger partial charge in [0.05, 0.1) is 16.8 Å². The molecule has 0 aliphatic carbocycles. The maximum Gasteiger partial charge on any atom is 0.254 e. The molecule has 3 aromatic rings. The number of carbonyl (C=O) groups excluding carboxylic acids is 1. The molecule has 0 N–H and O–H groups in total. The zero-order valence-corrected chi connectivity index (χ0v) is 14.4. The van der Waals surface area contributed by atoms with Crippen LogP contribution in [0.1, 0.15) is 29.8 Å². The third-order valence-electron chi connectivity index (χ3n) is 4.31. The number of carbonyl (C=O) groups is 1. The molecule has 0 aliphatic rings. The van der Waals surface area contributed by atoms with Crippen LogP contribution in [0.4, 0.5) is 0 Å². The second-order valence-electron chi connectivity index (χ2n) is 5.92. The zero-order valence-electron chi connectivity index (χ0n) is 14.4. The van der Waals surface area contributed by atoms with Gasteiger partial charge >= 0.3 is 0 Å². The summed E-state index contributed by atoms with van der Waals surface area (Å²) in [6.07, 6.45) is 0. The normalized spacial score (nSPS) is 10.8. The van der Waals surface area contributed by atoms with Crippen molar-refractivity contribution in [3.63, 3.8) is 0 Å². The van der Waals surface area contributed by atoms with Crippen LogP contribution >= 0.6 is 0 Å². The molecule has 3 heteroatoms. The van der Waals surface area contributed by atoms with Crippen LogP contribution in [0.15, 0.2) is 54.6 Å². The lowest BCUT2D eigenvalue weighted by atomic mass is 10.0. The molecule has 0 aliphatic heterocycles. The van der Waals surface area contributed by atoms with Gasteiger partial charge in [0.2, 0.25) is 0 Å². The van der Waals surface area contributed by atoms with E-state index in [-0.39, 0.29) is 5.91 Å². The van der Waals surface area contributed by atoms with Gasteiger partial charge in [-0.25, -0.2) is 4.98 Å². The quantitative estimate of drug-likeness (QED) is 0.699. The summed E-state index contributed by atoms with van der Waals surface area (Å²) >= 11 is 0. The second kappa shape index (κ2) is 6.83. The van der Waals surface area contributed by atoms with Crippen molar-refractivity contribution in [1.29, 1.82) is 0 Å². The first kappa shape index (κ1) is 16.2. The van der Waals surface area contributed by atoms with Crippen LogP contribution in [0, 0.1) is 6.92 Å². The van der Waals surface area contributed by atoms with Crippen molar-refractivity contribution in [2.45, 2.75) is 20.8 Å². The first-order valence-electron chi connectivity index (χ1n) is 8.40. The summed E-state index contributed by atoms with van der Waals surface area (Å²) in [5.74, 6) is 0.0650. The van der Waals surface area contributed by atoms with E-state index in [2.05, 4.69) is 0 Å². The van der Waals surface area contributed by atoms with Gasteiger partial charge in [-0.3, -0.25) is 4.79 Å². The Balaban J connectivity index is 2.24. The lowest BCUT2D eigenvalue weighted by Gasteiger charge is -2.20. The van der Waals surface area contributed by atoms with Crippen molar-refractivity contribution < 1.29 is 4.79 Å². The number of hydrogen-bond acceptors (Lipinski definition) is 2. The van der Waals surface area contributed by atoms with Crippen molar-refractivity contribution in [3.05, 3.63) is 65.7 Å². The highest BCUT2D eigenvalue weighted by atomic mass is 16.2. The standard InChI is InChI=1S/C21H22N2O/c1-4-23(5-2)21(24)18-14-20(16-9-7-6-8-10-16)22-19-12-11-15(3)13-17(18)19/h6-14H,4-5H2,1-3H3. The lowest BCUT2D eigenvalue weighted by molar-refractivity contribution is 0.0775. The van der Waals surface area contributed by atoms with Gasteiger partial charge in [0.25, 0.3) is 5.91 Å². The Labute approximate surface area is 143 Å². The first-order chi connectivity index (χ1) is 11.6. The summed E-state index contributed by atoms with van der Waals surface area (Å²) in [6, 6.07) is 18.0. The number of benzene rings is 2. The number of nitrogens with zero attached hydrogens (tertiary/aromatic N) is 2. The van der Waals surface area contributed by atoms with Gasteiger partial charge in [0.15, 0.2) is 0 Å². The van der Waals surface area contributed by atoms with Crippen LogP contribution in [-0.4, -0.2) is 28.9 Å². The Morgan fingerprint density at radius 1 is 1.00 bits per heavy atom. The van der Waals surface area contributed by atoms with Crippen molar-refractivity contribution in [3.8, 4) is 11.3 Å². The number of rotatable bonds is 4. The fourth-order valence-corrected chi connectivity index (χ4v) is 2.95. The van der Waals surface area contributed by atoms with Crippen molar-refractivity contribution in [1.82, 2.24) is 9.88 Å². The van der Waals surface area contributed by atoms with Crippen LogP contribution in [0.3, 0.4) is 0 Å². The minimum atomic E-state index is 0.0650. The van der Waals surface area contributed by atoms with Gasteiger partial charge in [0, 0.05) is 24.0 Å². The minimum absolute atomic E-state index is 0.0650. The van der Waals surface area contributed by atoms with Gasteiger partial charge < -0.3 is 4.90 Å². The number of hydrogen-bond donors (Lipinski definition) is 0. The second-order valence-corrected chi connectivity index (χ2v) is 5.92. The molecular weight excluding hydrogens is 296 g/mol. The van der Waals surface area contributed by atoms with Crippen LogP contribution < -0.4 is 0 Å². The molecule has 122 valence electrons. The van der Waals surface area contributed by atoms with Gasteiger partial charge in [-0.1, -0.05) is 42.0 Å². The number of aryl methyl sites for hydroxylation is 1. The summed E-state index contributed by atoms with van der Waals surface area (Å²) in [4.78, 5) is 19.6. The van der Waals surface area contributed by atoms with Gasteiger partial charge in [-0.05, 0) is 39.0 Å². The zero-order chi connectivity index (χ0) is 17.1. The predicted molar refractivity (Wildman–Crippen MR) is 99.2 cm³/mol. The summed E-state index contributed by atoms with van der Waals surface area (Å²) < 4.78 is 0. The van der Waals surface area contributed by atoms with Gasteiger partial charge in [-0.2, -0.15) is 0 Å². The van der Waals surface area contributed by atoms with E-state index in [4.69, 9.17) is 4.98 Å². The Morgan fingerprint density at radius 3 is 2.38 bits per heavy atom. The summed E-state index contributed by atoms with van der Waals surface area (Å²) in [5.41, 5.74) is 4.57. The summed E-state index contributed by atoms with van der Waals surface area (Å²) in [6.45, 7) is 7.45. The third kappa shape index (κ3) is 3.02. The molecule has 0 atom stereocenters. The van der Waals surface area contributed by atoms with E-state index < -0.39 is 0 Å². The summed E-state index contributed by atoms with van der Waals surface area (Å²) in [7, 11) is 0. The fourth-order valence-electron chi connectivity index (χ4n) is 2.95. The molecule has 1 aromatic heterocycles. The Hall–Kier alpha value is -2.68. The molecule has 3 rings (SSSR count). The van der Waals surface area contributed by atoms with E-state index in [1.54, 1.807) is 0 Å². The van der Waals surface area contributed by atoms with Crippen molar-refractivity contribution in [2.75, 3.05) is 13.1 Å². The highest BCUT2D eigenvalue weighted by molar-refractivity contribution is 6.07. The molecule has 3 nitrogen and oxygen atoms in total. The number of aromatic nitrogens is 1. The molecular formula is C21H22N2O. The molecule has 0 radical (unpaired) electrons. The van der Waals surface area contributed by atoms with Crippen LogP contribution in [0.2, 0.25) is 0 Å². The fraction of sp³-hybridized carbons (Fsp3) is 0.238. The van der Waals surface area contributed by atoms with E-state index >= 15 is 0 Å². The molecule has 0 saturated heterocycles. The van der Waals surface area contributed by atoms with Crippen molar-refractivity contribution in [2.24, 2.45) is 0 Å². The maximum absolute atomic E-state index is 13.0. The topological polar surface area (TPSA) is 33.2 Å². The SMILES string of the molecule is CCN(CC)C(=O)c1cc(-c2ccccc2)nc2ccc(C)cc12. The van der Waals surface area contributed by atoms with Crippen LogP contribution in [0.5, 0.6) is 0 Å². The van der Waals surface area contributed by atoms with E-state index in [0.29, 0.717) is 13.1 Å². The minimum Gasteiger partial charge on any atom is -0.339 e. The molecule has 1 amide bonds. The average molecular weight is 318 g/mol. The van der Waals surface area contributed by atoms with E-state index in [0.717, 1.165) is 33.3 Å². The Morgan fingerprint density at radius 2 is 1.71 bits per heavy atom. The maximum atomic E-state index is 13.0. The van der Waals surface area contributed by atoms with E-state index in [9.17, 15) is 4.79 Å². The molecule has 1 heterocycles. The lowest BCUT2D eigenvalue weighted by Crippen LogP contribution is -2.30. The molecule has 0 unspecified atom stereocenters. The predicted octanol–water partition coefficient (Wildman–Crippen LogP) is 4.69. The Bertz CT molecular complexity index is 868. The van der Waals surface area contributed by atoms with Crippen LogP contribution in [0.25, 0.3) is 22.2 Å². The number of pyridine rings is 1. The average Bonchev–Trinajstić information content (AvgIpc) is 2.62.